The quantitative estimate of drug-likeness (QED) is 0.694. The van der Waals surface area contributed by atoms with Gasteiger partial charge in [-0.15, -0.1) is 0 Å². The zero-order valence-electron chi connectivity index (χ0n) is 13.5. The lowest BCUT2D eigenvalue weighted by Crippen LogP contribution is -2.04. The van der Waals surface area contributed by atoms with E-state index in [1.165, 1.54) is 7.11 Å². The Morgan fingerprint density at radius 2 is 1.84 bits per heavy atom. The Morgan fingerprint density at radius 1 is 1.12 bits per heavy atom. The third-order valence-electron chi connectivity index (χ3n) is 3.69. The molecular formula is C19H16N2O4. The first kappa shape index (κ1) is 16.4. The first-order valence-corrected chi connectivity index (χ1v) is 7.62. The van der Waals surface area contributed by atoms with Gasteiger partial charge in [0.05, 0.1) is 30.3 Å². The Balaban J connectivity index is 1.96. The van der Waals surface area contributed by atoms with E-state index in [-0.39, 0.29) is 6.42 Å². The number of hydrogen-bond donors (Lipinski definition) is 2. The molecular weight excluding hydrogens is 320 g/mol. The summed E-state index contributed by atoms with van der Waals surface area (Å²) < 4.78 is 4.68. The molecule has 0 saturated heterocycles. The molecule has 126 valence electrons. The van der Waals surface area contributed by atoms with Crippen LogP contribution in [-0.2, 0) is 16.0 Å². The molecule has 0 amide bonds. The molecule has 2 aromatic carbocycles. The van der Waals surface area contributed by atoms with Crippen molar-refractivity contribution >= 4 is 34.2 Å². The molecule has 1 aromatic heterocycles. The standard InChI is InChI=1S/C19H16N2O4/c1-25-19(24)12-6-8-13(9-7-12)20-17-10-14(11-18(22)23)21-16-5-3-2-4-15(16)17/h2-10H,11H2,1H3,(H,20,21)(H,22,23). The summed E-state index contributed by atoms with van der Waals surface area (Å²) in [6.07, 6.45) is -0.152. The van der Waals surface area contributed by atoms with Crippen LogP contribution in [-0.4, -0.2) is 29.1 Å². The second-order valence-electron chi connectivity index (χ2n) is 5.44. The van der Waals surface area contributed by atoms with Gasteiger partial charge in [-0.1, -0.05) is 18.2 Å². The van der Waals surface area contributed by atoms with E-state index >= 15 is 0 Å². The van der Waals surface area contributed by atoms with Crippen molar-refractivity contribution in [1.29, 1.82) is 0 Å². The molecule has 0 bridgehead atoms. The number of aliphatic carboxylic acids is 1. The third kappa shape index (κ3) is 3.74. The predicted molar refractivity (Wildman–Crippen MR) is 94.1 cm³/mol. The van der Waals surface area contributed by atoms with E-state index in [9.17, 15) is 9.59 Å². The number of nitrogens with one attached hydrogen (secondary N) is 1. The molecule has 0 unspecified atom stereocenters. The second-order valence-corrected chi connectivity index (χ2v) is 5.44. The van der Waals surface area contributed by atoms with E-state index < -0.39 is 11.9 Å². The van der Waals surface area contributed by atoms with Crippen LogP contribution in [0.25, 0.3) is 10.9 Å². The molecule has 0 saturated carbocycles. The third-order valence-corrected chi connectivity index (χ3v) is 3.69. The number of carbonyl (C=O) groups excluding carboxylic acids is 1. The molecule has 3 aromatic rings. The highest BCUT2D eigenvalue weighted by Gasteiger charge is 2.10. The number of benzene rings is 2. The molecule has 0 aliphatic rings. The maximum Gasteiger partial charge on any atom is 0.337 e. The Hall–Kier alpha value is -3.41. The second kappa shape index (κ2) is 7.00. The average molecular weight is 336 g/mol. The number of ether oxygens (including phenoxy) is 1. The van der Waals surface area contributed by atoms with E-state index in [1.807, 2.05) is 24.3 Å². The van der Waals surface area contributed by atoms with Gasteiger partial charge in [-0.3, -0.25) is 9.78 Å². The lowest BCUT2D eigenvalue weighted by molar-refractivity contribution is -0.136. The first-order valence-electron chi connectivity index (χ1n) is 7.62. The van der Waals surface area contributed by atoms with Crippen molar-refractivity contribution in [2.24, 2.45) is 0 Å². The van der Waals surface area contributed by atoms with Crippen molar-refractivity contribution in [3.63, 3.8) is 0 Å². The zero-order valence-corrected chi connectivity index (χ0v) is 13.5. The summed E-state index contributed by atoms with van der Waals surface area (Å²) in [7, 11) is 1.33. The van der Waals surface area contributed by atoms with E-state index in [0.29, 0.717) is 11.3 Å². The lowest BCUT2D eigenvalue weighted by atomic mass is 10.1. The highest BCUT2D eigenvalue weighted by atomic mass is 16.5. The van der Waals surface area contributed by atoms with Crippen LogP contribution in [0.3, 0.4) is 0 Å². The van der Waals surface area contributed by atoms with Crippen LogP contribution in [0, 0.1) is 0 Å². The number of carboxylic acids is 1. The van der Waals surface area contributed by atoms with Crippen LogP contribution in [0.1, 0.15) is 16.1 Å². The molecule has 3 rings (SSSR count). The van der Waals surface area contributed by atoms with Gasteiger partial charge in [0.1, 0.15) is 0 Å². The molecule has 6 heteroatoms. The number of rotatable bonds is 5. The number of carbonyl (C=O) groups is 2. The van der Waals surface area contributed by atoms with Crippen molar-refractivity contribution in [3.05, 3.63) is 65.9 Å². The molecule has 0 fully saturated rings. The summed E-state index contributed by atoms with van der Waals surface area (Å²) in [6, 6.07) is 16.1. The molecule has 0 aliphatic heterocycles. The summed E-state index contributed by atoms with van der Waals surface area (Å²) in [5.74, 6) is -1.33. The van der Waals surface area contributed by atoms with E-state index in [1.54, 1.807) is 30.3 Å². The normalized spacial score (nSPS) is 10.4. The molecule has 0 radical (unpaired) electrons. The van der Waals surface area contributed by atoms with Crippen LogP contribution in [0.5, 0.6) is 0 Å². The topological polar surface area (TPSA) is 88.5 Å². The molecule has 6 nitrogen and oxygen atoms in total. The van der Waals surface area contributed by atoms with Gasteiger partial charge in [0.25, 0.3) is 0 Å². The highest BCUT2D eigenvalue weighted by molar-refractivity contribution is 5.94. The number of pyridine rings is 1. The fourth-order valence-electron chi connectivity index (χ4n) is 2.54. The van der Waals surface area contributed by atoms with Crippen LogP contribution in [0.15, 0.2) is 54.6 Å². The van der Waals surface area contributed by atoms with Crippen molar-refractivity contribution < 1.29 is 19.4 Å². The summed E-state index contributed by atoms with van der Waals surface area (Å²) in [6.45, 7) is 0. The zero-order chi connectivity index (χ0) is 17.8. The first-order chi connectivity index (χ1) is 12.1. The van der Waals surface area contributed by atoms with Gasteiger partial charge in [0, 0.05) is 16.8 Å². The number of hydrogen-bond acceptors (Lipinski definition) is 5. The summed E-state index contributed by atoms with van der Waals surface area (Å²) in [4.78, 5) is 26.9. The fourth-order valence-corrected chi connectivity index (χ4v) is 2.54. The van der Waals surface area contributed by atoms with Gasteiger partial charge in [0.2, 0.25) is 0 Å². The molecule has 25 heavy (non-hydrogen) atoms. The van der Waals surface area contributed by atoms with E-state index in [2.05, 4.69) is 15.0 Å². The average Bonchev–Trinajstić information content (AvgIpc) is 2.61. The molecule has 0 aliphatic carbocycles. The molecule has 0 atom stereocenters. The van der Waals surface area contributed by atoms with Crippen LogP contribution >= 0.6 is 0 Å². The lowest BCUT2D eigenvalue weighted by Gasteiger charge is -2.12. The van der Waals surface area contributed by atoms with Gasteiger partial charge in [-0.05, 0) is 36.4 Å². The van der Waals surface area contributed by atoms with Crippen molar-refractivity contribution in [3.8, 4) is 0 Å². The van der Waals surface area contributed by atoms with Gasteiger partial charge in [0.15, 0.2) is 0 Å². The molecule has 0 spiro atoms. The Kier molecular flexibility index (Phi) is 4.61. The van der Waals surface area contributed by atoms with Crippen LogP contribution < -0.4 is 5.32 Å². The minimum absolute atomic E-state index is 0.152. The van der Waals surface area contributed by atoms with Crippen LogP contribution in [0.2, 0.25) is 0 Å². The molecule has 2 N–H and O–H groups in total. The highest BCUT2D eigenvalue weighted by Crippen LogP contribution is 2.27. The van der Waals surface area contributed by atoms with Gasteiger partial charge in [-0.25, -0.2) is 4.79 Å². The Morgan fingerprint density at radius 3 is 2.52 bits per heavy atom. The largest absolute Gasteiger partial charge is 0.481 e. The van der Waals surface area contributed by atoms with Crippen molar-refractivity contribution in [1.82, 2.24) is 4.98 Å². The smallest absolute Gasteiger partial charge is 0.337 e. The number of carboxylic acid groups (broad SMARTS) is 1. The van der Waals surface area contributed by atoms with Gasteiger partial charge < -0.3 is 15.2 Å². The summed E-state index contributed by atoms with van der Waals surface area (Å²) >= 11 is 0. The summed E-state index contributed by atoms with van der Waals surface area (Å²) in [5, 5.41) is 13.2. The van der Waals surface area contributed by atoms with E-state index in [0.717, 1.165) is 22.3 Å². The maximum absolute atomic E-state index is 11.5. The molecule has 1 heterocycles. The number of nitrogens with zero attached hydrogens (tertiary/aromatic N) is 1. The van der Waals surface area contributed by atoms with E-state index in [4.69, 9.17) is 5.11 Å². The monoisotopic (exact) mass is 336 g/mol. The number of aromatic nitrogens is 1. The minimum atomic E-state index is -0.934. The number of para-hydroxylation sites is 1. The minimum Gasteiger partial charge on any atom is -0.481 e. The van der Waals surface area contributed by atoms with Crippen LogP contribution in [0.4, 0.5) is 11.4 Å². The Bertz CT molecular complexity index is 936. The number of anilines is 2. The maximum atomic E-state index is 11.5. The van der Waals surface area contributed by atoms with Gasteiger partial charge in [-0.2, -0.15) is 0 Å². The van der Waals surface area contributed by atoms with Crippen molar-refractivity contribution in [2.75, 3.05) is 12.4 Å². The Labute approximate surface area is 144 Å². The SMILES string of the molecule is COC(=O)c1ccc(Nc2cc(CC(=O)O)nc3ccccc23)cc1. The van der Waals surface area contributed by atoms with Gasteiger partial charge >= 0.3 is 11.9 Å². The fraction of sp³-hybridized carbons (Fsp3) is 0.105. The number of fused-ring (bicyclic) bond motifs is 1. The number of methoxy groups -OCH3 is 1. The van der Waals surface area contributed by atoms with Crippen molar-refractivity contribution in [2.45, 2.75) is 6.42 Å². The summed E-state index contributed by atoms with van der Waals surface area (Å²) in [5.41, 5.74) is 3.17. The predicted octanol–water partition coefficient (Wildman–Crippen LogP) is 3.39. The number of esters is 1.